The molecule has 2 heterocycles. The van der Waals surface area contributed by atoms with Gasteiger partial charge in [0.1, 0.15) is 0 Å². The number of imidazole rings is 1. The van der Waals surface area contributed by atoms with E-state index in [1.165, 1.54) is 23.3 Å². The predicted octanol–water partition coefficient (Wildman–Crippen LogP) is -7.15. The molecule has 0 spiro atoms. The fourth-order valence-electron chi connectivity index (χ4n) is 1.32. The summed E-state index contributed by atoms with van der Waals surface area (Å²) in [5.41, 5.74) is 0.255. The maximum Gasteiger partial charge on any atom is 4.00 e. The Kier molecular flexibility index (Phi) is 20.8. The Bertz CT molecular complexity index is 640. The van der Waals surface area contributed by atoms with Crippen molar-refractivity contribution < 1.29 is 56.1 Å². The molecular weight excluding hydrogens is 512 g/mol. The summed E-state index contributed by atoms with van der Waals surface area (Å²) in [4.78, 5) is 36.5. The van der Waals surface area contributed by atoms with E-state index in [0.717, 1.165) is 4.57 Å². The summed E-state index contributed by atoms with van der Waals surface area (Å²) < 4.78 is 2.44. The minimum Gasteiger partial charge on any atom is -1.00 e. The molecule has 0 saturated carbocycles. The van der Waals surface area contributed by atoms with Crippen molar-refractivity contribution in [2.75, 3.05) is 0 Å². The van der Waals surface area contributed by atoms with E-state index in [1.54, 1.807) is 7.05 Å². The van der Waals surface area contributed by atoms with Gasteiger partial charge in [0.05, 0.1) is 7.05 Å². The number of nitrogens with zero attached hydrogens (tertiary/aromatic N) is 3. The zero-order chi connectivity index (χ0) is 12.3. The first-order chi connectivity index (χ1) is 7.54. The van der Waals surface area contributed by atoms with E-state index in [9.17, 15) is 9.59 Å². The zero-order valence-electron chi connectivity index (χ0n) is 11.1. The maximum atomic E-state index is 11.5. The largest absolute Gasteiger partial charge is 4.00 e. The van der Waals surface area contributed by atoms with Gasteiger partial charge in [-0.15, -0.1) is 4.91 Å². The van der Waals surface area contributed by atoms with E-state index in [-0.39, 0.29) is 69.4 Å². The second-order valence-electron chi connectivity index (χ2n) is 2.94. The summed E-state index contributed by atoms with van der Waals surface area (Å²) >= 11 is 0. The Balaban J connectivity index is -0.0000000993. The molecule has 0 bridgehead atoms. The molecule has 0 aliphatic rings. The van der Waals surface area contributed by atoms with E-state index >= 15 is 0 Å². The normalized spacial score (nSPS) is 7.33. The van der Waals surface area contributed by atoms with Gasteiger partial charge in [0.2, 0.25) is 5.52 Å². The number of H-pyrrole nitrogens is 2. The van der Waals surface area contributed by atoms with Crippen LogP contribution in [0.3, 0.4) is 0 Å². The molecule has 9 N–H and O–H groups in total. The Morgan fingerprint density at radius 2 is 1.62 bits per heavy atom. The van der Waals surface area contributed by atoms with Crippen LogP contribution in [0.4, 0.5) is 0 Å². The average molecular weight is 528 g/mol. The molecule has 0 unspecified atom stereocenters. The van der Waals surface area contributed by atoms with Crippen LogP contribution in [0.1, 0.15) is 0 Å². The van der Waals surface area contributed by atoms with Gasteiger partial charge >= 0.3 is 32.3 Å². The van der Waals surface area contributed by atoms with Gasteiger partial charge in [-0.05, 0) is 0 Å². The smallest absolute Gasteiger partial charge is 1.00 e. The number of fused-ring (bicyclic) bond motifs is 1. The van der Waals surface area contributed by atoms with Gasteiger partial charge in [-0.25, -0.2) is 18.9 Å². The van der Waals surface area contributed by atoms with Crippen LogP contribution < -0.4 is 53.3 Å². The summed E-state index contributed by atoms with van der Waals surface area (Å²) in [6, 6.07) is 0. The zero-order valence-corrected chi connectivity index (χ0v) is 14.9. The van der Waals surface area contributed by atoms with E-state index in [2.05, 4.69) is 9.97 Å². The minimum atomic E-state index is -0.339. The fraction of sp³-hybridized carbons (Fsp3) is 0.286. The molecule has 0 fully saturated rings. The minimum absolute atomic E-state index is 0. The van der Waals surface area contributed by atoms with Crippen molar-refractivity contribution in [3.05, 3.63) is 32.1 Å². The quantitative estimate of drug-likeness (QED) is 0.194. The molecule has 14 heteroatoms. The van der Waals surface area contributed by atoms with Crippen molar-refractivity contribution >= 4 is 11.2 Å². The monoisotopic (exact) mass is 527 g/mol. The molecule has 0 radical (unpaired) electrons. The van der Waals surface area contributed by atoms with Gasteiger partial charge in [-0.1, -0.05) is 0 Å². The standard InChI is InChI=1S/C7H8N4O2.2ClH.HNO2.2H3N.Pt/c1-10-5-4(8-3-9-5)6(12)11(2)7(10)13;;;2-1-3;;;/h3H,1-2H3,(H,8,9);2*1H;(H,2,3);2*1H3;/q;;;;;;+4/p-1. The van der Waals surface area contributed by atoms with Gasteiger partial charge in [0, 0.05) is 7.05 Å². The maximum absolute atomic E-state index is 11.5. The molecule has 2 aromatic heterocycles. The third-order valence-electron chi connectivity index (χ3n) is 2.09. The molecule has 0 aliphatic heterocycles. The van der Waals surface area contributed by atoms with Gasteiger partial charge in [0.15, 0.2) is 11.7 Å². The Morgan fingerprint density at radius 3 is 2.05 bits per heavy atom. The van der Waals surface area contributed by atoms with E-state index < -0.39 is 0 Å². The topological polar surface area (TPSA) is 194 Å². The molecule has 0 aliphatic carbocycles. The average Bonchev–Trinajstić information content (AvgIpc) is 2.73. The van der Waals surface area contributed by atoms with E-state index in [0.29, 0.717) is 11.2 Å². The third kappa shape index (κ3) is 6.36. The van der Waals surface area contributed by atoms with Crippen LogP contribution in [0.25, 0.3) is 11.2 Å². The van der Waals surface area contributed by atoms with E-state index in [4.69, 9.17) is 10.1 Å². The fourth-order valence-corrected chi connectivity index (χ4v) is 1.32. The molecule has 11 nitrogen and oxygen atoms in total. The van der Waals surface area contributed by atoms with Crippen LogP contribution in [0.2, 0.25) is 0 Å². The van der Waals surface area contributed by atoms with Crippen LogP contribution in [0.5, 0.6) is 0 Å². The summed E-state index contributed by atoms with van der Waals surface area (Å²) in [5.74, 6) is 0. The van der Waals surface area contributed by atoms with Crippen LogP contribution in [-0.2, 0) is 35.2 Å². The number of aromatic nitrogens is 4. The number of aryl methyl sites for hydroxylation is 1. The molecule has 2 rings (SSSR count). The first-order valence-electron chi connectivity index (χ1n) is 4.16. The molecular formula is C7H16Cl2N7O4Pt+3. The molecule has 0 atom stereocenters. The second kappa shape index (κ2) is 13.7. The summed E-state index contributed by atoms with van der Waals surface area (Å²) in [6.07, 6.45) is 1.52. The number of rotatable bonds is 0. The number of hydrogen-bond acceptors (Lipinski definition) is 6. The van der Waals surface area contributed by atoms with Crippen LogP contribution in [0.15, 0.2) is 21.3 Å². The van der Waals surface area contributed by atoms with Crippen molar-refractivity contribution in [3.8, 4) is 0 Å². The van der Waals surface area contributed by atoms with Crippen LogP contribution in [-0.4, -0.2) is 19.3 Å². The molecule has 124 valence electrons. The molecule has 2 aromatic rings. The molecule has 0 saturated heterocycles. The molecule has 0 amide bonds. The number of halogens is 2. The Labute approximate surface area is 145 Å². The summed E-state index contributed by atoms with van der Waals surface area (Å²) in [5, 5.41) is 7.89. The van der Waals surface area contributed by atoms with Crippen molar-refractivity contribution in [3.63, 3.8) is 0 Å². The van der Waals surface area contributed by atoms with Crippen LogP contribution in [0, 0.1) is 4.91 Å². The number of aromatic amines is 2. The van der Waals surface area contributed by atoms with Crippen molar-refractivity contribution in [2.45, 2.75) is 0 Å². The molecule has 21 heavy (non-hydrogen) atoms. The SMILES string of the molecule is Cn1c(=O)c2[nH]c[nH+]c2n(C)c1=O.N.N.O=NO.[Cl-].[Cl-].[Pt+4]. The predicted molar refractivity (Wildman–Crippen MR) is 63.0 cm³/mol. The van der Waals surface area contributed by atoms with Gasteiger partial charge in [-0.2, -0.15) is 0 Å². The van der Waals surface area contributed by atoms with Crippen molar-refractivity contribution in [1.82, 2.24) is 26.4 Å². The van der Waals surface area contributed by atoms with Crippen molar-refractivity contribution in [2.24, 2.45) is 19.4 Å². The number of nitrogens with one attached hydrogen (secondary N) is 2. The van der Waals surface area contributed by atoms with Gasteiger partial charge < -0.3 is 42.3 Å². The summed E-state index contributed by atoms with van der Waals surface area (Å²) in [6.45, 7) is 0. The van der Waals surface area contributed by atoms with Gasteiger partial charge in [-0.3, -0.25) is 9.78 Å². The Morgan fingerprint density at radius 1 is 1.19 bits per heavy atom. The third-order valence-corrected chi connectivity index (χ3v) is 2.09. The van der Waals surface area contributed by atoms with Crippen molar-refractivity contribution in [1.29, 1.82) is 0 Å². The molecule has 0 aromatic carbocycles. The van der Waals surface area contributed by atoms with Crippen LogP contribution >= 0.6 is 0 Å². The number of hydrogen-bond donors (Lipinski definition) is 4. The first kappa shape index (κ1) is 31.9. The second-order valence-corrected chi connectivity index (χ2v) is 2.94. The van der Waals surface area contributed by atoms with Gasteiger partial charge in [0.25, 0.3) is 5.65 Å². The Hall–Kier alpha value is -1.26. The van der Waals surface area contributed by atoms with E-state index in [1.807, 2.05) is 0 Å². The first-order valence-corrected chi connectivity index (χ1v) is 4.16. The summed E-state index contributed by atoms with van der Waals surface area (Å²) in [7, 11) is 3.05.